The molecule has 0 N–H and O–H groups in total. The Bertz CT molecular complexity index is 681. The monoisotopic (exact) mass is 297 g/mol. The fourth-order valence-electron chi connectivity index (χ4n) is 2.76. The number of aromatic nitrogens is 2. The number of nitrogens with zero attached hydrogens (tertiary/aromatic N) is 3. The number of nitriles is 1. The molecule has 1 fully saturated rings. The van der Waals surface area contributed by atoms with Crippen molar-refractivity contribution in [1.29, 1.82) is 5.26 Å². The van der Waals surface area contributed by atoms with Gasteiger partial charge in [-0.1, -0.05) is 6.07 Å². The van der Waals surface area contributed by atoms with Gasteiger partial charge >= 0.3 is 0 Å². The van der Waals surface area contributed by atoms with E-state index >= 15 is 0 Å². The molecule has 2 heterocycles. The molecular weight excluding hydrogens is 278 g/mol. The lowest BCUT2D eigenvalue weighted by molar-refractivity contribution is -0.0394. The Kier molecular flexibility index (Phi) is 4.40. The van der Waals surface area contributed by atoms with Gasteiger partial charge in [0, 0.05) is 23.9 Å². The van der Waals surface area contributed by atoms with Crippen LogP contribution in [-0.2, 0) is 11.2 Å². The van der Waals surface area contributed by atoms with E-state index in [0.717, 1.165) is 41.9 Å². The summed E-state index contributed by atoms with van der Waals surface area (Å²) in [6.07, 6.45) is 7.53. The molecule has 5 heteroatoms. The lowest BCUT2D eigenvalue weighted by atomic mass is 10.0. The minimum absolute atomic E-state index is 0.0410. The fraction of sp³-hybridized carbons (Fsp3) is 0.412. The van der Waals surface area contributed by atoms with Crippen molar-refractivity contribution in [3.63, 3.8) is 0 Å². The van der Waals surface area contributed by atoms with E-state index in [4.69, 9.17) is 14.7 Å². The van der Waals surface area contributed by atoms with Crippen LogP contribution in [0.4, 0.5) is 0 Å². The maximum atomic E-state index is 8.94. The zero-order valence-corrected chi connectivity index (χ0v) is 12.7. The number of methoxy groups -OCH3 is 1. The molecular formula is C17H19N3O2. The topological polar surface area (TPSA) is 60.1 Å². The van der Waals surface area contributed by atoms with Gasteiger partial charge in [-0.25, -0.2) is 4.68 Å². The van der Waals surface area contributed by atoms with E-state index in [1.165, 1.54) is 6.42 Å². The summed E-state index contributed by atoms with van der Waals surface area (Å²) in [5, 5.41) is 13.4. The molecule has 0 aliphatic carbocycles. The van der Waals surface area contributed by atoms with Gasteiger partial charge in [0.25, 0.3) is 0 Å². The molecule has 0 bridgehead atoms. The molecule has 0 radical (unpaired) electrons. The highest BCUT2D eigenvalue weighted by Crippen LogP contribution is 2.28. The molecule has 3 rings (SSSR count). The van der Waals surface area contributed by atoms with E-state index in [0.29, 0.717) is 6.42 Å². The van der Waals surface area contributed by atoms with Gasteiger partial charge in [0.05, 0.1) is 25.8 Å². The second kappa shape index (κ2) is 6.63. The van der Waals surface area contributed by atoms with Crippen LogP contribution in [0.1, 0.15) is 31.1 Å². The lowest BCUT2D eigenvalue weighted by Crippen LogP contribution is -2.18. The minimum atomic E-state index is 0.0410. The van der Waals surface area contributed by atoms with Crippen LogP contribution in [0, 0.1) is 11.3 Å². The Balaban J connectivity index is 1.86. The number of rotatable bonds is 4. The van der Waals surface area contributed by atoms with Crippen LogP contribution in [0.3, 0.4) is 0 Å². The van der Waals surface area contributed by atoms with Gasteiger partial charge in [0.15, 0.2) is 0 Å². The SMILES string of the molecule is COc1ccc(-c2cnn(C3CCCCO3)c2)cc1CC#N. The first-order valence-electron chi connectivity index (χ1n) is 7.52. The minimum Gasteiger partial charge on any atom is -0.496 e. The largest absolute Gasteiger partial charge is 0.496 e. The van der Waals surface area contributed by atoms with Gasteiger partial charge in [0.2, 0.25) is 0 Å². The molecule has 1 saturated heterocycles. The molecule has 1 aliphatic heterocycles. The maximum Gasteiger partial charge on any atom is 0.150 e. The second-order valence-corrected chi connectivity index (χ2v) is 5.39. The van der Waals surface area contributed by atoms with Crippen molar-refractivity contribution in [3.8, 4) is 22.9 Å². The fourth-order valence-corrected chi connectivity index (χ4v) is 2.76. The van der Waals surface area contributed by atoms with Gasteiger partial charge in [-0.05, 0) is 37.0 Å². The average molecular weight is 297 g/mol. The Morgan fingerprint density at radius 2 is 2.32 bits per heavy atom. The molecule has 2 aromatic rings. The van der Waals surface area contributed by atoms with E-state index in [1.807, 2.05) is 35.3 Å². The molecule has 1 unspecified atom stereocenters. The van der Waals surface area contributed by atoms with Crippen molar-refractivity contribution in [3.05, 3.63) is 36.2 Å². The lowest BCUT2D eigenvalue weighted by Gasteiger charge is -2.22. The van der Waals surface area contributed by atoms with E-state index in [-0.39, 0.29) is 6.23 Å². The smallest absolute Gasteiger partial charge is 0.150 e. The molecule has 1 aromatic heterocycles. The number of benzene rings is 1. The summed E-state index contributed by atoms with van der Waals surface area (Å²) < 4.78 is 12.9. The standard InChI is InChI=1S/C17H19N3O2/c1-21-16-6-5-13(10-14(16)7-8-18)15-11-19-20(12-15)17-4-2-3-9-22-17/h5-6,10-12,17H,2-4,7,9H2,1H3. The molecule has 1 atom stereocenters. The predicted octanol–water partition coefficient (Wildman–Crippen LogP) is 3.32. The Hall–Kier alpha value is -2.32. The van der Waals surface area contributed by atoms with Crippen LogP contribution in [0.15, 0.2) is 30.6 Å². The van der Waals surface area contributed by atoms with Crippen molar-refractivity contribution < 1.29 is 9.47 Å². The summed E-state index contributed by atoms with van der Waals surface area (Å²) in [4.78, 5) is 0. The van der Waals surface area contributed by atoms with Gasteiger partial charge in [-0.3, -0.25) is 0 Å². The Labute approximate surface area is 130 Å². The highest BCUT2D eigenvalue weighted by molar-refractivity contribution is 5.64. The van der Waals surface area contributed by atoms with Crippen LogP contribution < -0.4 is 4.74 Å². The van der Waals surface area contributed by atoms with Gasteiger partial charge in [-0.2, -0.15) is 10.4 Å². The third-order valence-corrected chi connectivity index (χ3v) is 3.94. The predicted molar refractivity (Wildman–Crippen MR) is 82.4 cm³/mol. The van der Waals surface area contributed by atoms with Gasteiger partial charge in [-0.15, -0.1) is 0 Å². The third-order valence-electron chi connectivity index (χ3n) is 3.94. The summed E-state index contributed by atoms with van der Waals surface area (Å²) >= 11 is 0. The number of hydrogen-bond acceptors (Lipinski definition) is 4. The van der Waals surface area contributed by atoms with Crippen molar-refractivity contribution in [2.24, 2.45) is 0 Å². The van der Waals surface area contributed by atoms with Crippen molar-refractivity contribution in [2.45, 2.75) is 31.9 Å². The Morgan fingerprint density at radius 3 is 3.05 bits per heavy atom. The molecule has 0 spiro atoms. The molecule has 1 aliphatic rings. The van der Waals surface area contributed by atoms with Crippen molar-refractivity contribution >= 4 is 0 Å². The molecule has 114 valence electrons. The summed E-state index contributed by atoms with van der Waals surface area (Å²) in [5.41, 5.74) is 2.95. The summed E-state index contributed by atoms with van der Waals surface area (Å²) in [6.45, 7) is 0.800. The molecule has 5 nitrogen and oxygen atoms in total. The molecule has 1 aromatic carbocycles. The Morgan fingerprint density at radius 1 is 1.41 bits per heavy atom. The second-order valence-electron chi connectivity index (χ2n) is 5.39. The van der Waals surface area contributed by atoms with Gasteiger partial charge in [0.1, 0.15) is 12.0 Å². The highest BCUT2D eigenvalue weighted by atomic mass is 16.5. The zero-order valence-electron chi connectivity index (χ0n) is 12.7. The maximum absolute atomic E-state index is 8.94. The van der Waals surface area contributed by atoms with E-state index in [9.17, 15) is 0 Å². The van der Waals surface area contributed by atoms with Crippen LogP contribution in [0.5, 0.6) is 5.75 Å². The van der Waals surface area contributed by atoms with Crippen LogP contribution >= 0.6 is 0 Å². The highest BCUT2D eigenvalue weighted by Gasteiger charge is 2.17. The first kappa shape index (κ1) is 14.6. The summed E-state index contributed by atoms with van der Waals surface area (Å²) in [5.74, 6) is 0.744. The summed E-state index contributed by atoms with van der Waals surface area (Å²) in [7, 11) is 1.62. The van der Waals surface area contributed by atoms with E-state index in [1.54, 1.807) is 7.11 Å². The van der Waals surface area contributed by atoms with Gasteiger partial charge < -0.3 is 9.47 Å². The summed E-state index contributed by atoms with van der Waals surface area (Å²) in [6, 6.07) is 8.05. The van der Waals surface area contributed by atoms with Crippen LogP contribution in [0.2, 0.25) is 0 Å². The first-order chi connectivity index (χ1) is 10.8. The van der Waals surface area contributed by atoms with Crippen molar-refractivity contribution in [2.75, 3.05) is 13.7 Å². The zero-order chi connectivity index (χ0) is 15.4. The third kappa shape index (κ3) is 2.97. The van der Waals surface area contributed by atoms with Crippen LogP contribution in [-0.4, -0.2) is 23.5 Å². The quantitative estimate of drug-likeness (QED) is 0.868. The molecule has 0 saturated carbocycles. The molecule has 22 heavy (non-hydrogen) atoms. The average Bonchev–Trinajstić information content (AvgIpc) is 3.06. The van der Waals surface area contributed by atoms with E-state index < -0.39 is 0 Å². The van der Waals surface area contributed by atoms with E-state index in [2.05, 4.69) is 11.2 Å². The first-order valence-corrected chi connectivity index (χ1v) is 7.52. The number of ether oxygens (including phenoxy) is 2. The number of hydrogen-bond donors (Lipinski definition) is 0. The van der Waals surface area contributed by atoms with Crippen molar-refractivity contribution in [1.82, 2.24) is 9.78 Å². The normalized spacial score (nSPS) is 17.9. The van der Waals surface area contributed by atoms with Crippen LogP contribution in [0.25, 0.3) is 11.1 Å². The molecule has 0 amide bonds.